The van der Waals surface area contributed by atoms with E-state index in [0.717, 1.165) is 21.4 Å². The number of urea groups is 1. The number of nitrogens with zero attached hydrogens (tertiary/aromatic N) is 2. The summed E-state index contributed by atoms with van der Waals surface area (Å²) < 4.78 is 40.4. The Bertz CT molecular complexity index is 1170. The van der Waals surface area contributed by atoms with E-state index in [4.69, 9.17) is 0 Å². The molecule has 0 spiro atoms. The summed E-state index contributed by atoms with van der Waals surface area (Å²) in [5.74, 6) is -6.89. The molecule has 35 heavy (non-hydrogen) atoms. The number of carbonyl (C=O) groups excluding carboxylic acids is 4. The molecule has 1 unspecified atom stereocenters. The molecule has 1 saturated heterocycles. The Labute approximate surface area is 200 Å². The molecule has 0 saturated carbocycles. The minimum Gasteiger partial charge on any atom is -0.332 e. The van der Waals surface area contributed by atoms with E-state index >= 15 is 0 Å². The molecule has 0 bridgehead atoms. The number of halogens is 3. The summed E-state index contributed by atoms with van der Waals surface area (Å²) in [6.45, 7) is 4.10. The van der Waals surface area contributed by atoms with Crippen LogP contribution < -0.4 is 10.6 Å². The highest BCUT2D eigenvalue weighted by atomic mass is 19.2. The number of amides is 5. The van der Waals surface area contributed by atoms with E-state index in [0.29, 0.717) is 18.1 Å². The van der Waals surface area contributed by atoms with Crippen molar-refractivity contribution in [3.63, 3.8) is 0 Å². The van der Waals surface area contributed by atoms with Gasteiger partial charge in [-0.3, -0.25) is 19.3 Å². The summed E-state index contributed by atoms with van der Waals surface area (Å²) in [6, 6.07) is 7.78. The fraction of sp³-hybridized carbons (Fsp3) is 0.333. The quantitative estimate of drug-likeness (QED) is 0.439. The standard InChI is InChI=1S/C24H25F3N4O4/c1-4-11-30(12-18(32)28-17-10-9-16(25)20(26)21(17)27)19(33)13-31-22(34)24(3,29-23(31)35)15-7-5-14(2)6-8-15/h5-10H,4,11-13H2,1-3H3,(H,28,32)(H,29,35). The largest absolute Gasteiger partial charge is 0.332 e. The number of anilines is 1. The van der Waals surface area contributed by atoms with Crippen molar-refractivity contribution in [2.75, 3.05) is 25.0 Å². The smallest absolute Gasteiger partial charge is 0.325 e. The molecular formula is C24H25F3N4O4. The van der Waals surface area contributed by atoms with Crippen LogP contribution in [0.4, 0.5) is 23.7 Å². The van der Waals surface area contributed by atoms with Gasteiger partial charge >= 0.3 is 6.03 Å². The lowest BCUT2D eigenvalue weighted by Crippen LogP contribution is -2.46. The molecule has 1 heterocycles. The maximum absolute atomic E-state index is 13.9. The number of nitrogens with one attached hydrogen (secondary N) is 2. The first-order valence-corrected chi connectivity index (χ1v) is 10.9. The van der Waals surface area contributed by atoms with Crippen molar-refractivity contribution < 1.29 is 32.3 Å². The Morgan fingerprint density at radius 1 is 1.06 bits per heavy atom. The van der Waals surface area contributed by atoms with Gasteiger partial charge in [0.2, 0.25) is 11.8 Å². The Morgan fingerprint density at radius 2 is 1.71 bits per heavy atom. The summed E-state index contributed by atoms with van der Waals surface area (Å²) in [4.78, 5) is 52.8. The van der Waals surface area contributed by atoms with Crippen molar-refractivity contribution in [1.82, 2.24) is 15.1 Å². The summed E-state index contributed by atoms with van der Waals surface area (Å²) in [5.41, 5.74) is -0.421. The Morgan fingerprint density at radius 3 is 2.34 bits per heavy atom. The number of hydrogen-bond acceptors (Lipinski definition) is 4. The number of hydrogen-bond donors (Lipinski definition) is 2. The van der Waals surface area contributed by atoms with Crippen LogP contribution in [0.1, 0.15) is 31.4 Å². The van der Waals surface area contributed by atoms with Crippen LogP contribution in [0.3, 0.4) is 0 Å². The number of carbonyl (C=O) groups is 4. The molecule has 11 heteroatoms. The lowest BCUT2D eigenvalue weighted by Gasteiger charge is -2.25. The summed E-state index contributed by atoms with van der Waals surface area (Å²) in [7, 11) is 0. The van der Waals surface area contributed by atoms with Gasteiger partial charge in [0.25, 0.3) is 5.91 Å². The van der Waals surface area contributed by atoms with Crippen molar-refractivity contribution in [3.05, 3.63) is 65.0 Å². The van der Waals surface area contributed by atoms with Gasteiger partial charge in [0, 0.05) is 6.54 Å². The molecule has 186 valence electrons. The van der Waals surface area contributed by atoms with Crippen molar-refractivity contribution in [2.24, 2.45) is 0 Å². The van der Waals surface area contributed by atoms with Gasteiger partial charge in [-0.1, -0.05) is 36.8 Å². The van der Waals surface area contributed by atoms with Crippen LogP contribution in [-0.2, 0) is 19.9 Å². The molecule has 2 aromatic carbocycles. The lowest BCUT2D eigenvalue weighted by molar-refractivity contribution is -0.140. The zero-order valence-corrected chi connectivity index (χ0v) is 19.5. The van der Waals surface area contributed by atoms with Crippen molar-refractivity contribution in [3.8, 4) is 0 Å². The van der Waals surface area contributed by atoms with E-state index in [-0.39, 0.29) is 6.54 Å². The van der Waals surface area contributed by atoms with E-state index in [1.165, 1.54) is 6.92 Å². The molecule has 1 aliphatic heterocycles. The predicted octanol–water partition coefficient (Wildman–Crippen LogP) is 3.06. The van der Waals surface area contributed by atoms with Gasteiger partial charge in [-0.2, -0.15) is 0 Å². The van der Waals surface area contributed by atoms with Crippen molar-refractivity contribution in [1.29, 1.82) is 0 Å². The molecule has 2 N–H and O–H groups in total. The van der Waals surface area contributed by atoms with Gasteiger partial charge in [-0.25, -0.2) is 18.0 Å². The summed E-state index contributed by atoms with van der Waals surface area (Å²) >= 11 is 0. The molecular weight excluding hydrogens is 465 g/mol. The normalized spacial score (nSPS) is 17.4. The molecule has 5 amide bonds. The van der Waals surface area contributed by atoms with Crippen LogP contribution >= 0.6 is 0 Å². The second-order valence-electron chi connectivity index (χ2n) is 8.40. The third-order valence-electron chi connectivity index (χ3n) is 5.69. The molecule has 8 nitrogen and oxygen atoms in total. The third-order valence-corrected chi connectivity index (χ3v) is 5.69. The van der Waals surface area contributed by atoms with E-state index in [1.807, 2.05) is 6.92 Å². The van der Waals surface area contributed by atoms with Gasteiger partial charge in [0.1, 0.15) is 12.1 Å². The molecule has 3 rings (SSSR count). The fourth-order valence-corrected chi connectivity index (χ4v) is 3.71. The Hall–Kier alpha value is -3.89. The summed E-state index contributed by atoms with van der Waals surface area (Å²) in [6.07, 6.45) is 0.444. The van der Waals surface area contributed by atoms with Gasteiger partial charge < -0.3 is 15.5 Å². The van der Waals surface area contributed by atoms with Crippen LogP contribution in [0, 0.1) is 24.4 Å². The summed E-state index contributed by atoms with van der Waals surface area (Å²) in [5, 5.41) is 4.71. The molecule has 0 aliphatic carbocycles. The van der Waals surface area contributed by atoms with Crippen LogP contribution in [0.2, 0.25) is 0 Å². The fourth-order valence-electron chi connectivity index (χ4n) is 3.71. The highest BCUT2D eigenvalue weighted by molar-refractivity contribution is 6.09. The first-order valence-electron chi connectivity index (χ1n) is 10.9. The van der Waals surface area contributed by atoms with Gasteiger partial charge in [0.05, 0.1) is 12.2 Å². The SMILES string of the molecule is CCCN(CC(=O)Nc1ccc(F)c(F)c1F)C(=O)CN1C(=O)NC(C)(c2ccc(C)cc2)C1=O. The molecule has 0 aromatic heterocycles. The minimum atomic E-state index is -1.74. The second-order valence-corrected chi connectivity index (χ2v) is 8.40. The molecule has 2 aromatic rings. The average Bonchev–Trinajstić information content (AvgIpc) is 3.03. The van der Waals surface area contributed by atoms with Gasteiger partial charge in [0.15, 0.2) is 17.5 Å². The predicted molar refractivity (Wildman–Crippen MR) is 121 cm³/mol. The van der Waals surface area contributed by atoms with E-state index in [2.05, 4.69) is 10.6 Å². The molecule has 0 radical (unpaired) electrons. The van der Waals surface area contributed by atoms with Crippen LogP contribution in [0.15, 0.2) is 36.4 Å². The second kappa shape index (κ2) is 10.2. The number of rotatable bonds is 8. The topological polar surface area (TPSA) is 98.8 Å². The first kappa shape index (κ1) is 25.7. The number of imide groups is 1. The van der Waals surface area contributed by atoms with E-state index in [1.54, 1.807) is 31.2 Å². The highest BCUT2D eigenvalue weighted by Gasteiger charge is 2.49. The average molecular weight is 490 g/mol. The molecule has 1 fully saturated rings. The van der Waals surface area contributed by atoms with Gasteiger partial charge in [-0.05, 0) is 38.0 Å². The van der Waals surface area contributed by atoms with Gasteiger partial charge in [-0.15, -0.1) is 0 Å². The zero-order valence-electron chi connectivity index (χ0n) is 19.5. The van der Waals surface area contributed by atoms with Crippen molar-refractivity contribution in [2.45, 2.75) is 32.7 Å². The number of benzene rings is 2. The van der Waals surface area contributed by atoms with Crippen LogP contribution in [0.5, 0.6) is 0 Å². The highest BCUT2D eigenvalue weighted by Crippen LogP contribution is 2.29. The zero-order chi connectivity index (χ0) is 25.9. The third kappa shape index (κ3) is 5.28. The minimum absolute atomic E-state index is 0.103. The van der Waals surface area contributed by atoms with E-state index in [9.17, 15) is 32.3 Å². The maximum atomic E-state index is 13.9. The monoisotopic (exact) mass is 490 g/mol. The van der Waals surface area contributed by atoms with Crippen molar-refractivity contribution >= 4 is 29.4 Å². The molecule has 1 atom stereocenters. The van der Waals surface area contributed by atoms with E-state index < -0.39 is 65.5 Å². The maximum Gasteiger partial charge on any atom is 0.325 e. The Balaban J connectivity index is 1.71. The van der Waals surface area contributed by atoms with Crippen LogP contribution in [-0.4, -0.2) is 53.2 Å². The number of aryl methyl sites for hydroxylation is 1. The van der Waals surface area contributed by atoms with Crippen LogP contribution in [0.25, 0.3) is 0 Å². The first-order chi connectivity index (χ1) is 16.5. The Kier molecular flexibility index (Phi) is 7.47. The molecule has 1 aliphatic rings. The lowest BCUT2D eigenvalue weighted by atomic mass is 9.91.